The second-order valence-corrected chi connectivity index (χ2v) is 3.59. The van der Waals surface area contributed by atoms with E-state index < -0.39 is 0 Å². The van der Waals surface area contributed by atoms with Crippen molar-refractivity contribution in [3.8, 4) is 0 Å². The Hall–Kier alpha value is -1.48. The second kappa shape index (κ2) is 3.35. The first-order valence-electron chi connectivity index (χ1n) is 4.84. The van der Waals surface area contributed by atoms with Crippen LogP contribution in [0, 0.1) is 0 Å². The molecule has 0 aliphatic carbocycles. The SMILES string of the molecule is CC[C@@H](N)c1cc2ccc(N)cc2[nH]1. The molecule has 74 valence electrons. The van der Waals surface area contributed by atoms with E-state index in [0.29, 0.717) is 0 Å². The summed E-state index contributed by atoms with van der Waals surface area (Å²) in [6.45, 7) is 2.07. The van der Waals surface area contributed by atoms with Crippen molar-refractivity contribution in [2.45, 2.75) is 19.4 Å². The Balaban J connectivity index is 2.51. The quantitative estimate of drug-likeness (QED) is 0.634. The summed E-state index contributed by atoms with van der Waals surface area (Å²) in [4.78, 5) is 3.28. The molecule has 0 unspecified atom stereocenters. The molecule has 0 spiro atoms. The Labute approximate surface area is 83.1 Å². The van der Waals surface area contributed by atoms with Gasteiger partial charge in [-0.3, -0.25) is 0 Å². The fraction of sp³-hybridized carbons (Fsp3) is 0.273. The molecule has 1 aromatic heterocycles. The van der Waals surface area contributed by atoms with Crippen LogP contribution in [0.15, 0.2) is 24.3 Å². The maximum Gasteiger partial charge on any atom is 0.0477 e. The molecule has 2 rings (SSSR count). The van der Waals surface area contributed by atoms with Crippen LogP contribution in [0.3, 0.4) is 0 Å². The minimum absolute atomic E-state index is 0.0867. The van der Waals surface area contributed by atoms with Gasteiger partial charge in [-0.2, -0.15) is 0 Å². The van der Waals surface area contributed by atoms with Crippen molar-refractivity contribution in [2.75, 3.05) is 5.73 Å². The molecular formula is C11H15N3. The third kappa shape index (κ3) is 1.46. The molecule has 0 aliphatic heterocycles. The van der Waals surface area contributed by atoms with Gasteiger partial charge in [0.25, 0.3) is 0 Å². The molecule has 5 N–H and O–H groups in total. The molecule has 0 saturated carbocycles. The number of H-pyrrole nitrogens is 1. The molecule has 3 heteroatoms. The summed E-state index contributed by atoms with van der Waals surface area (Å²) < 4.78 is 0. The van der Waals surface area contributed by atoms with Gasteiger partial charge < -0.3 is 16.5 Å². The highest BCUT2D eigenvalue weighted by atomic mass is 14.8. The first kappa shape index (κ1) is 9.09. The molecule has 14 heavy (non-hydrogen) atoms. The van der Waals surface area contributed by atoms with E-state index in [1.165, 1.54) is 0 Å². The Bertz CT molecular complexity index is 445. The molecule has 0 fully saturated rings. The summed E-state index contributed by atoms with van der Waals surface area (Å²) in [6, 6.07) is 8.01. The Kier molecular flexibility index (Phi) is 2.17. The van der Waals surface area contributed by atoms with Crippen molar-refractivity contribution in [2.24, 2.45) is 5.73 Å². The number of nitrogens with one attached hydrogen (secondary N) is 1. The number of benzene rings is 1. The molecule has 2 aromatic rings. The van der Waals surface area contributed by atoms with Crippen molar-refractivity contribution in [1.82, 2.24) is 4.98 Å². The van der Waals surface area contributed by atoms with Gasteiger partial charge in [0.2, 0.25) is 0 Å². The third-order valence-electron chi connectivity index (χ3n) is 2.51. The second-order valence-electron chi connectivity index (χ2n) is 3.59. The van der Waals surface area contributed by atoms with Crippen molar-refractivity contribution in [3.05, 3.63) is 30.0 Å². The zero-order valence-electron chi connectivity index (χ0n) is 8.25. The van der Waals surface area contributed by atoms with E-state index in [9.17, 15) is 0 Å². The molecule has 0 saturated heterocycles. The van der Waals surface area contributed by atoms with Crippen LogP contribution in [-0.4, -0.2) is 4.98 Å². The summed E-state index contributed by atoms with van der Waals surface area (Å²) >= 11 is 0. The van der Waals surface area contributed by atoms with E-state index >= 15 is 0 Å². The third-order valence-corrected chi connectivity index (χ3v) is 2.51. The lowest BCUT2D eigenvalue weighted by Gasteiger charge is -2.04. The van der Waals surface area contributed by atoms with Crippen molar-refractivity contribution >= 4 is 16.6 Å². The number of anilines is 1. The Morgan fingerprint density at radius 3 is 2.86 bits per heavy atom. The van der Waals surface area contributed by atoms with Gasteiger partial charge in [-0.1, -0.05) is 13.0 Å². The molecule has 0 radical (unpaired) electrons. The molecule has 1 aromatic carbocycles. The molecule has 0 aliphatic rings. The van der Waals surface area contributed by atoms with Gasteiger partial charge in [0.1, 0.15) is 0 Å². The first-order valence-corrected chi connectivity index (χ1v) is 4.84. The predicted octanol–water partition coefficient (Wildman–Crippen LogP) is 2.16. The molecule has 0 amide bonds. The van der Waals surface area contributed by atoms with E-state index in [2.05, 4.69) is 18.0 Å². The number of aromatic amines is 1. The summed E-state index contributed by atoms with van der Waals surface area (Å²) in [5, 5.41) is 1.16. The van der Waals surface area contributed by atoms with Gasteiger partial charge in [0.05, 0.1) is 0 Å². The van der Waals surface area contributed by atoms with E-state index in [-0.39, 0.29) is 6.04 Å². The molecule has 0 bridgehead atoms. The highest BCUT2D eigenvalue weighted by Gasteiger charge is 2.06. The number of nitrogen functional groups attached to an aromatic ring is 1. The van der Waals surface area contributed by atoms with Gasteiger partial charge in [-0.05, 0) is 30.0 Å². The minimum Gasteiger partial charge on any atom is -0.399 e. The van der Waals surface area contributed by atoms with Crippen molar-refractivity contribution < 1.29 is 0 Å². The minimum atomic E-state index is 0.0867. The normalized spacial score (nSPS) is 13.3. The largest absolute Gasteiger partial charge is 0.399 e. The van der Waals surface area contributed by atoms with E-state index in [1.54, 1.807) is 0 Å². The van der Waals surface area contributed by atoms with Crippen LogP contribution in [0.25, 0.3) is 10.9 Å². The summed E-state index contributed by atoms with van der Waals surface area (Å²) in [6.07, 6.45) is 0.933. The molecule has 1 heterocycles. The van der Waals surface area contributed by atoms with Crippen LogP contribution in [0.1, 0.15) is 25.1 Å². The first-order chi connectivity index (χ1) is 6.70. The average Bonchev–Trinajstić information content (AvgIpc) is 2.59. The molecule has 3 nitrogen and oxygen atoms in total. The zero-order valence-corrected chi connectivity index (χ0v) is 8.25. The lowest BCUT2D eigenvalue weighted by molar-refractivity contribution is 0.682. The van der Waals surface area contributed by atoms with Gasteiger partial charge >= 0.3 is 0 Å². The number of hydrogen-bond acceptors (Lipinski definition) is 2. The van der Waals surface area contributed by atoms with Gasteiger partial charge in [0, 0.05) is 22.9 Å². The number of nitrogens with two attached hydrogens (primary N) is 2. The van der Waals surface area contributed by atoms with Crippen molar-refractivity contribution in [3.63, 3.8) is 0 Å². The van der Waals surface area contributed by atoms with Crippen LogP contribution in [0.4, 0.5) is 5.69 Å². The Morgan fingerprint density at radius 2 is 2.14 bits per heavy atom. The van der Waals surface area contributed by atoms with Crippen LogP contribution < -0.4 is 11.5 Å². The monoisotopic (exact) mass is 189 g/mol. The fourth-order valence-electron chi connectivity index (χ4n) is 1.59. The van der Waals surface area contributed by atoms with Gasteiger partial charge in [-0.25, -0.2) is 0 Å². The zero-order chi connectivity index (χ0) is 10.1. The molecular weight excluding hydrogens is 174 g/mol. The maximum absolute atomic E-state index is 5.93. The van der Waals surface area contributed by atoms with Crippen LogP contribution >= 0.6 is 0 Å². The predicted molar refractivity (Wildman–Crippen MR) is 59.9 cm³/mol. The van der Waals surface area contributed by atoms with Crippen molar-refractivity contribution in [1.29, 1.82) is 0 Å². The Morgan fingerprint density at radius 1 is 1.36 bits per heavy atom. The lowest BCUT2D eigenvalue weighted by Crippen LogP contribution is -2.08. The number of fused-ring (bicyclic) bond motifs is 1. The number of aromatic nitrogens is 1. The van der Waals surface area contributed by atoms with E-state index in [4.69, 9.17) is 11.5 Å². The highest BCUT2D eigenvalue weighted by molar-refractivity contribution is 5.83. The smallest absolute Gasteiger partial charge is 0.0477 e. The van der Waals surface area contributed by atoms with Gasteiger partial charge in [-0.15, -0.1) is 0 Å². The lowest BCUT2D eigenvalue weighted by atomic mass is 10.1. The molecule has 1 atom stereocenters. The fourth-order valence-corrected chi connectivity index (χ4v) is 1.59. The topological polar surface area (TPSA) is 67.8 Å². The van der Waals surface area contributed by atoms with Crippen LogP contribution in [-0.2, 0) is 0 Å². The maximum atomic E-state index is 5.93. The highest BCUT2D eigenvalue weighted by Crippen LogP contribution is 2.22. The van der Waals surface area contributed by atoms with Gasteiger partial charge in [0.15, 0.2) is 0 Å². The summed E-state index contributed by atoms with van der Waals surface area (Å²) in [5.41, 5.74) is 14.5. The summed E-state index contributed by atoms with van der Waals surface area (Å²) in [7, 11) is 0. The number of rotatable bonds is 2. The van der Waals surface area contributed by atoms with E-state index in [1.807, 2.05) is 18.2 Å². The van der Waals surface area contributed by atoms with Crippen LogP contribution in [0.5, 0.6) is 0 Å². The van der Waals surface area contributed by atoms with E-state index in [0.717, 1.165) is 28.7 Å². The van der Waals surface area contributed by atoms with Crippen LogP contribution in [0.2, 0.25) is 0 Å². The summed E-state index contributed by atoms with van der Waals surface area (Å²) in [5.74, 6) is 0. The standard InChI is InChI=1S/C11H15N3/c1-2-9(13)11-5-7-3-4-8(12)6-10(7)14-11/h3-6,9,14H,2,12-13H2,1H3/t9-/m1/s1. The average molecular weight is 189 g/mol. The number of hydrogen-bond donors (Lipinski definition) is 3.